The van der Waals surface area contributed by atoms with Crippen molar-refractivity contribution in [3.63, 3.8) is 0 Å². The molecule has 18 heavy (non-hydrogen) atoms. The Balaban J connectivity index is 1.81. The number of hydrogen-bond donors (Lipinski definition) is 2. The fourth-order valence-electron chi connectivity index (χ4n) is 2.19. The summed E-state index contributed by atoms with van der Waals surface area (Å²) in [6, 6.07) is 3.72. The predicted octanol–water partition coefficient (Wildman–Crippen LogP) is 0.996. The second kappa shape index (κ2) is 6.35. The van der Waals surface area contributed by atoms with Crippen LogP contribution in [-0.2, 0) is 6.54 Å². The molecule has 1 aromatic heterocycles. The molecule has 1 saturated heterocycles. The summed E-state index contributed by atoms with van der Waals surface area (Å²) in [5.74, 6) is 0.225. The predicted molar refractivity (Wildman–Crippen MR) is 67.9 cm³/mol. The zero-order chi connectivity index (χ0) is 12.8. The third kappa shape index (κ3) is 3.43. The molecule has 2 amide bonds. The summed E-state index contributed by atoms with van der Waals surface area (Å²) >= 11 is 0. The van der Waals surface area contributed by atoms with Crippen molar-refractivity contribution in [3.05, 3.63) is 30.1 Å². The number of piperidine rings is 1. The van der Waals surface area contributed by atoms with Gasteiger partial charge < -0.3 is 15.3 Å². The van der Waals surface area contributed by atoms with Gasteiger partial charge in [0.05, 0.1) is 0 Å². The molecule has 2 heterocycles. The molecule has 0 aromatic carbocycles. The van der Waals surface area contributed by atoms with Crippen LogP contribution in [0.4, 0.5) is 4.79 Å². The molecule has 0 radical (unpaired) electrons. The second-order valence-electron chi connectivity index (χ2n) is 4.66. The number of urea groups is 1. The van der Waals surface area contributed by atoms with Gasteiger partial charge in [-0.2, -0.15) is 0 Å². The van der Waals surface area contributed by atoms with Crippen molar-refractivity contribution in [1.29, 1.82) is 0 Å². The average Bonchev–Trinajstić information content (AvgIpc) is 2.46. The first kappa shape index (κ1) is 12.8. The van der Waals surface area contributed by atoms with Gasteiger partial charge in [-0.25, -0.2) is 4.79 Å². The van der Waals surface area contributed by atoms with Gasteiger partial charge in [0, 0.05) is 38.6 Å². The smallest absolute Gasteiger partial charge is 0.317 e. The number of aliphatic hydroxyl groups is 1. The molecule has 1 aliphatic heterocycles. The third-order valence-corrected chi connectivity index (χ3v) is 3.23. The van der Waals surface area contributed by atoms with E-state index in [1.54, 1.807) is 17.3 Å². The number of nitrogens with zero attached hydrogens (tertiary/aromatic N) is 2. The maximum atomic E-state index is 11.9. The van der Waals surface area contributed by atoms with Crippen LogP contribution in [0.5, 0.6) is 0 Å². The molecule has 2 rings (SSSR count). The van der Waals surface area contributed by atoms with Gasteiger partial charge in [0.2, 0.25) is 0 Å². The number of likely N-dealkylation sites (tertiary alicyclic amines) is 1. The zero-order valence-electron chi connectivity index (χ0n) is 10.4. The van der Waals surface area contributed by atoms with Crippen molar-refractivity contribution in [1.82, 2.24) is 15.2 Å². The van der Waals surface area contributed by atoms with E-state index < -0.39 is 0 Å². The van der Waals surface area contributed by atoms with E-state index in [1.165, 1.54) is 0 Å². The average molecular weight is 249 g/mol. The van der Waals surface area contributed by atoms with Crippen LogP contribution in [0.25, 0.3) is 0 Å². The van der Waals surface area contributed by atoms with Crippen molar-refractivity contribution in [2.24, 2.45) is 5.92 Å². The molecule has 0 bridgehead atoms. The van der Waals surface area contributed by atoms with E-state index in [1.807, 2.05) is 12.1 Å². The highest BCUT2D eigenvalue weighted by Crippen LogP contribution is 2.15. The highest BCUT2D eigenvalue weighted by molar-refractivity contribution is 5.74. The van der Waals surface area contributed by atoms with E-state index in [9.17, 15) is 4.79 Å². The number of hydrogen-bond acceptors (Lipinski definition) is 3. The van der Waals surface area contributed by atoms with Gasteiger partial charge in [-0.1, -0.05) is 6.07 Å². The number of nitrogens with one attached hydrogen (secondary N) is 1. The summed E-state index contributed by atoms with van der Waals surface area (Å²) in [4.78, 5) is 17.7. The van der Waals surface area contributed by atoms with Crippen molar-refractivity contribution >= 4 is 6.03 Å². The molecule has 1 atom stereocenters. The minimum Gasteiger partial charge on any atom is -0.396 e. The summed E-state index contributed by atoms with van der Waals surface area (Å²) in [5, 5.41) is 12.0. The Bertz CT molecular complexity index is 383. The Hall–Kier alpha value is -1.62. The van der Waals surface area contributed by atoms with Gasteiger partial charge in [0.25, 0.3) is 0 Å². The Kier molecular flexibility index (Phi) is 4.52. The fraction of sp³-hybridized carbons (Fsp3) is 0.538. The largest absolute Gasteiger partial charge is 0.396 e. The molecular formula is C13H19N3O2. The van der Waals surface area contributed by atoms with Crippen LogP contribution in [0, 0.1) is 5.92 Å². The molecular weight excluding hydrogens is 230 g/mol. The van der Waals surface area contributed by atoms with E-state index in [0.717, 1.165) is 24.9 Å². The van der Waals surface area contributed by atoms with E-state index in [2.05, 4.69) is 10.3 Å². The topological polar surface area (TPSA) is 65.5 Å². The fourth-order valence-corrected chi connectivity index (χ4v) is 2.19. The van der Waals surface area contributed by atoms with Crippen LogP contribution in [-0.4, -0.2) is 40.7 Å². The normalized spacial score (nSPS) is 19.6. The van der Waals surface area contributed by atoms with Crippen molar-refractivity contribution in [2.45, 2.75) is 19.4 Å². The summed E-state index contributed by atoms with van der Waals surface area (Å²) in [6.07, 6.45) is 5.42. The number of carbonyl (C=O) groups excluding carboxylic acids is 1. The molecule has 5 nitrogen and oxygen atoms in total. The maximum Gasteiger partial charge on any atom is 0.317 e. The molecule has 1 unspecified atom stereocenters. The molecule has 1 aliphatic rings. The molecule has 0 saturated carbocycles. The lowest BCUT2D eigenvalue weighted by molar-refractivity contribution is 0.129. The highest BCUT2D eigenvalue weighted by atomic mass is 16.3. The van der Waals surface area contributed by atoms with Gasteiger partial charge in [-0.3, -0.25) is 4.98 Å². The SMILES string of the molecule is O=C(NCc1cccnc1)N1CCCC(CO)C1. The van der Waals surface area contributed by atoms with E-state index in [0.29, 0.717) is 13.1 Å². The minimum atomic E-state index is -0.0583. The van der Waals surface area contributed by atoms with Crippen molar-refractivity contribution < 1.29 is 9.90 Å². The Labute approximate surface area is 107 Å². The van der Waals surface area contributed by atoms with Gasteiger partial charge >= 0.3 is 6.03 Å². The third-order valence-electron chi connectivity index (χ3n) is 3.23. The molecule has 2 N–H and O–H groups in total. The maximum absolute atomic E-state index is 11.9. The Morgan fingerprint density at radius 1 is 1.61 bits per heavy atom. The van der Waals surface area contributed by atoms with Crippen molar-refractivity contribution in [3.8, 4) is 0 Å². The number of aromatic nitrogens is 1. The van der Waals surface area contributed by atoms with Crippen molar-refractivity contribution in [2.75, 3.05) is 19.7 Å². The Morgan fingerprint density at radius 3 is 3.22 bits per heavy atom. The van der Waals surface area contributed by atoms with Gasteiger partial charge in [-0.15, -0.1) is 0 Å². The lowest BCUT2D eigenvalue weighted by atomic mass is 9.99. The van der Waals surface area contributed by atoms with Gasteiger partial charge in [0.1, 0.15) is 0 Å². The lowest BCUT2D eigenvalue weighted by Gasteiger charge is -2.31. The van der Waals surface area contributed by atoms with Crippen LogP contribution in [0.3, 0.4) is 0 Å². The zero-order valence-corrected chi connectivity index (χ0v) is 10.4. The number of amides is 2. The van der Waals surface area contributed by atoms with Crippen LogP contribution in [0.2, 0.25) is 0 Å². The van der Waals surface area contributed by atoms with Crippen LogP contribution < -0.4 is 5.32 Å². The molecule has 0 aliphatic carbocycles. The van der Waals surface area contributed by atoms with Crippen LogP contribution in [0.15, 0.2) is 24.5 Å². The van der Waals surface area contributed by atoms with Crippen LogP contribution in [0.1, 0.15) is 18.4 Å². The Morgan fingerprint density at radius 2 is 2.50 bits per heavy atom. The summed E-state index contributed by atoms with van der Waals surface area (Å²) in [7, 11) is 0. The minimum absolute atomic E-state index is 0.0583. The summed E-state index contributed by atoms with van der Waals surface area (Å²) in [6.45, 7) is 2.07. The molecule has 0 spiro atoms. The highest BCUT2D eigenvalue weighted by Gasteiger charge is 2.22. The van der Waals surface area contributed by atoms with E-state index in [4.69, 9.17) is 5.11 Å². The number of carbonyl (C=O) groups is 1. The molecule has 1 fully saturated rings. The monoisotopic (exact) mass is 249 g/mol. The number of pyridine rings is 1. The van der Waals surface area contributed by atoms with Crippen LogP contribution >= 0.6 is 0 Å². The molecule has 98 valence electrons. The quantitative estimate of drug-likeness (QED) is 0.839. The summed E-state index contributed by atoms with van der Waals surface area (Å²) in [5.41, 5.74) is 0.988. The number of rotatable bonds is 3. The van der Waals surface area contributed by atoms with E-state index in [-0.39, 0.29) is 18.6 Å². The molecule has 1 aromatic rings. The first-order valence-corrected chi connectivity index (χ1v) is 6.32. The van der Waals surface area contributed by atoms with Gasteiger partial charge in [0.15, 0.2) is 0 Å². The van der Waals surface area contributed by atoms with E-state index >= 15 is 0 Å². The van der Waals surface area contributed by atoms with Gasteiger partial charge in [-0.05, 0) is 30.4 Å². The lowest BCUT2D eigenvalue weighted by Crippen LogP contribution is -2.45. The first-order chi connectivity index (χ1) is 8.79. The standard InChI is InChI=1S/C13H19N3O2/c17-10-12-4-2-6-16(9-12)13(18)15-8-11-3-1-5-14-7-11/h1,3,5,7,12,17H,2,4,6,8-10H2,(H,15,18). The number of aliphatic hydroxyl groups excluding tert-OH is 1. The molecule has 5 heteroatoms. The second-order valence-corrected chi connectivity index (χ2v) is 4.66. The first-order valence-electron chi connectivity index (χ1n) is 6.32. The summed E-state index contributed by atoms with van der Waals surface area (Å²) < 4.78 is 0.